The van der Waals surface area contributed by atoms with Crippen LogP contribution in [0.25, 0.3) is 0 Å². The standard InChI is InChI=1S/C22H31ClO2Si/c1-5-12-20(23)21(24)17-25-26(22(2,3)4,18-13-8-6-9-14-18)19-15-10-7-11-16-19/h6-11,13-16,20-21,24H,5,12,17H2,1-4H3/t20-,21-/m1/s1. The topological polar surface area (TPSA) is 29.5 Å². The Bertz CT molecular complexity index is 615. The van der Waals surface area contributed by atoms with Crippen molar-refractivity contribution < 1.29 is 9.53 Å². The molecule has 2 atom stereocenters. The molecule has 0 unspecified atom stereocenters. The van der Waals surface area contributed by atoms with Gasteiger partial charge in [-0.25, -0.2) is 0 Å². The molecule has 0 bridgehead atoms. The minimum Gasteiger partial charge on any atom is -0.405 e. The summed E-state index contributed by atoms with van der Waals surface area (Å²) in [5.41, 5.74) is 0. The van der Waals surface area contributed by atoms with E-state index in [0.717, 1.165) is 12.8 Å². The number of alkyl halides is 1. The number of benzene rings is 2. The Labute approximate surface area is 164 Å². The summed E-state index contributed by atoms with van der Waals surface area (Å²) in [6.45, 7) is 9.02. The lowest BCUT2D eigenvalue weighted by molar-refractivity contribution is 0.0963. The first kappa shape index (κ1) is 21.2. The maximum absolute atomic E-state index is 10.5. The van der Waals surface area contributed by atoms with Crippen molar-refractivity contribution in [3.8, 4) is 0 Å². The van der Waals surface area contributed by atoms with Crippen molar-refractivity contribution in [1.29, 1.82) is 0 Å². The molecule has 0 aliphatic carbocycles. The molecule has 0 radical (unpaired) electrons. The molecule has 2 rings (SSSR count). The van der Waals surface area contributed by atoms with E-state index in [-0.39, 0.29) is 17.0 Å². The van der Waals surface area contributed by atoms with Gasteiger partial charge in [-0.15, -0.1) is 11.6 Å². The third-order valence-corrected chi connectivity index (χ3v) is 10.4. The molecule has 0 saturated carbocycles. The molecule has 0 aliphatic heterocycles. The van der Waals surface area contributed by atoms with Crippen LogP contribution in [0.3, 0.4) is 0 Å². The van der Waals surface area contributed by atoms with Crippen LogP contribution in [0.1, 0.15) is 40.5 Å². The molecule has 0 aromatic heterocycles. The van der Waals surface area contributed by atoms with Crippen molar-refractivity contribution in [2.45, 2.75) is 57.1 Å². The van der Waals surface area contributed by atoms with E-state index in [1.807, 2.05) is 12.1 Å². The Kier molecular flexibility index (Phi) is 7.48. The fourth-order valence-electron chi connectivity index (χ4n) is 3.54. The van der Waals surface area contributed by atoms with E-state index in [2.05, 4.69) is 76.2 Å². The molecule has 2 aromatic carbocycles. The third-order valence-electron chi connectivity index (χ3n) is 4.87. The van der Waals surface area contributed by atoms with Crippen molar-refractivity contribution >= 4 is 30.3 Å². The number of hydrogen-bond acceptors (Lipinski definition) is 2. The summed E-state index contributed by atoms with van der Waals surface area (Å²) in [7, 11) is -2.60. The molecule has 2 aromatic rings. The van der Waals surface area contributed by atoms with Gasteiger partial charge in [-0.05, 0) is 21.8 Å². The highest BCUT2D eigenvalue weighted by Gasteiger charge is 2.50. The second kappa shape index (κ2) is 9.18. The first-order chi connectivity index (χ1) is 12.3. The van der Waals surface area contributed by atoms with E-state index in [1.54, 1.807) is 0 Å². The minimum atomic E-state index is -2.60. The summed E-state index contributed by atoms with van der Waals surface area (Å²) >= 11 is 6.35. The normalized spacial score (nSPS) is 14.8. The van der Waals surface area contributed by atoms with Crippen LogP contribution in [0.4, 0.5) is 0 Å². The summed E-state index contributed by atoms with van der Waals surface area (Å²) in [5, 5.41) is 12.6. The number of aliphatic hydroxyl groups is 1. The number of hydrogen-bond donors (Lipinski definition) is 1. The fraction of sp³-hybridized carbons (Fsp3) is 0.455. The number of rotatable bonds is 8. The van der Waals surface area contributed by atoms with Crippen LogP contribution in [0.2, 0.25) is 5.04 Å². The summed E-state index contributed by atoms with van der Waals surface area (Å²) in [5.74, 6) is 0. The van der Waals surface area contributed by atoms with Crippen molar-refractivity contribution in [2.75, 3.05) is 6.61 Å². The second-order valence-corrected chi connectivity index (χ2v) is 12.7. The Morgan fingerprint density at radius 3 is 1.81 bits per heavy atom. The van der Waals surface area contributed by atoms with Gasteiger partial charge in [0, 0.05) is 0 Å². The van der Waals surface area contributed by atoms with Crippen molar-refractivity contribution in [1.82, 2.24) is 0 Å². The van der Waals surface area contributed by atoms with Gasteiger partial charge in [-0.2, -0.15) is 0 Å². The van der Waals surface area contributed by atoms with Gasteiger partial charge in [0.05, 0.1) is 18.1 Å². The first-order valence-electron chi connectivity index (χ1n) is 9.40. The Balaban J connectivity index is 2.47. The molecule has 4 heteroatoms. The summed E-state index contributed by atoms with van der Waals surface area (Å²) < 4.78 is 6.70. The van der Waals surface area contributed by atoms with Gasteiger partial charge >= 0.3 is 0 Å². The summed E-state index contributed by atoms with van der Waals surface area (Å²) in [6, 6.07) is 20.9. The van der Waals surface area contributed by atoms with Crippen molar-refractivity contribution in [3.63, 3.8) is 0 Å². The Morgan fingerprint density at radius 2 is 1.42 bits per heavy atom. The first-order valence-corrected chi connectivity index (χ1v) is 11.7. The van der Waals surface area contributed by atoms with Gasteiger partial charge < -0.3 is 9.53 Å². The smallest absolute Gasteiger partial charge is 0.261 e. The highest BCUT2D eigenvalue weighted by atomic mass is 35.5. The van der Waals surface area contributed by atoms with Gasteiger partial charge in [-0.3, -0.25) is 0 Å². The monoisotopic (exact) mass is 390 g/mol. The molecule has 0 fully saturated rings. The van der Waals surface area contributed by atoms with E-state index >= 15 is 0 Å². The molecule has 1 N–H and O–H groups in total. The van der Waals surface area contributed by atoms with Crippen LogP contribution in [0, 0.1) is 0 Å². The highest BCUT2D eigenvalue weighted by Crippen LogP contribution is 2.37. The quantitative estimate of drug-likeness (QED) is 0.537. The predicted octanol–water partition coefficient (Wildman–Crippen LogP) is 4.33. The van der Waals surface area contributed by atoms with Crippen molar-refractivity contribution in [3.05, 3.63) is 60.7 Å². The van der Waals surface area contributed by atoms with Gasteiger partial charge in [0.15, 0.2) is 0 Å². The predicted molar refractivity (Wildman–Crippen MR) is 114 cm³/mol. The van der Waals surface area contributed by atoms with Crippen LogP contribution in [-0.2, 0) is 4.43 Å². The van der Waals surface area contributed by atoms with Crippen LogP contribution in [0.5, 0.6) is 0 Å². The van der Waals surface area contributed by atoms with Gasteiger partial charge in [0.25, 0.3) is 8.32 Å². The number of aliphatic hydroxyl groups excluding tert-OH is 1. The molecule has 0 amide bonds. The Morgan fingerprint density at radius 1 is 0.962 bits per heavy atom. The van der Waals surface area contributed by atoms with E-state index in [0.29, 0.717) is 0 Å². The average molecular weight is 391 g/mol. The molecule has 0 saturated heterocycles. The fourth-order valence-corrected chi connectivity index (χ4v) is 8.41. The van der Waals surface area contributed by atoms with Crippen molar-refractivity contribution in [2.24, 2.45) is 0 Å². The zero-order chi connectivity index (χ0) is 19.2. The lowest BCUT2D eigenvalue weighted by Gasteiger charge is -2.43. The third kappa shape index (κ3) is 4.58. The molecular formula is C22H31ClO2Si. The zero-order valence-corrected chi connectivity index (χ0v) is 18.0. The molecular weight excluding hydrogens is 360 g/mol. The van der Waals surface area contributed by atoms with E-state index in [1.165, 1.54) is 10.4 Å². The maximum atomic E-state index is 10.5. The van der Waals surface area contributed by atoms with Gasteiger partial charge in [0.2, 0.25) is 0 Å². The van der Waals surface area contributed by atoms with E-state index in [9.17, 15) is 5.11 Å². The van der Waals surface area contributed by atoms with Gasteiger partial charge in [0.1, 0.15) is 0 Å². The molecule has 0 aliphatic rings. The lowest BCUT2D eigenvalue weighted by Crippen LogP contribution is -2.67. The molecule has 2 nitrogen and oxygen atoms in total. The van der Waals surface area contributed by atoms with Crippen LogP contribution in [0.15, 0.2) is 60.7 Å². The highest BCUT2D eigenvalue weighted by molar-refractivity contribution is 6.99. The maximum Gasteiger partial charge on any atom is 0.261 e. The minimum absolute atomic E-state index is 0.0952. The van der Waals surface area contributed by atoms with E-state index in [4.69, 9.17) is 16.0 Å². The van der Waals surface area contributed by atoms with Crippen LogP contribution in [-0.4, -0.2) is 31.5 Å². The Hall–Kier alpha value is -1.13. The summed E-state index contributed by atoms with van der Waals surface area (Å²) in [4.78, 5) is 0. The molecule has 0 heterocycles. The molecule has 142 valence electrons. The zero-order valence-electron chi connectivity index (χ0n) is 16.3. The number of halogens is 1. The van der Waals surface area contributed by atoms with Crippen LogP contribution >= 0.6 is 11.6 Å². The lowest BCUT2D eigenvalue weighted by atomic mass is 10.2. The SMILES string of the molecule is CCC[C@@H](Cl)[C@H](O)CO[Si](c1ccccc1)(c1ccccc1)C(C)(C)C. The molecule has 0 spiro atoms. The average Bonchev–Trinajstić information content (AvgIpc) is 2.63. The van der Waals surface area contributed by atoms with Gasteiger partial charge in [-0.1, -0.05) is 94.8 Å². The molecule has 26 heavy (non-hydrogen) atoms. The summed E-state index contributed by atoms with van der Waals surface area (Å²) in [6.07, 6.45) is 1.07. The van der Waals surface area contributed by atoms with Crippen LogP contribution < -0.4 is 10.4 Å². The largest absolute Gasteiger partial charge is 0.405 e. The van der Waals surface area contributed by atoms with E-state index < -0.39 is 14.4 Å². The second-order valence-electron chi connectivity index (χ2n) is 7.85.